The SMILES string of the molecule is COc1cccc2c1[C@H](c1ccccc1)N(C(=O)CNCC1(O)CCCCC1)CC2. The first-order chi connectivity index (χ1) is 14.6. The Balaban J connectivity index is 1.54. The van der Waals surface area contributed by atoms with E-state index in [0.29, 0.717) is 13.1 Å². The van der Waals surface area contributed by atoms with Gasteiger partial charge in [0.15, 0.2) is 0 Å². The third-order valence-corrected chi connectivity index (χ3v) is 6.53. The minimum absolute atomic E-state index is 0.0554. The van der Waals surface area contributed by atoms with Crippen LogP contribution in [0.4, 0.5) is 0 Å². The van der Waals surface area contributed by atoms with Gasteiger partial charge in [-0.3, -0.25) is 4.79 Å². The Bertz CT molecular complexity index is 848. The number of nitrogens with zero attached hydrogens (tertiary/aromatic N) is 1. The summed E-state index contributed by atoms with van der Waals surface area (Å²) in [6, 6.07) is 16.1. The van der Waals surface area contributed by atoms with Crippen LogP contribution in [0.1, 0.15) is 54.8 Å². The van der Waals surface area contributed by atoms with Gasteiger partial charge in [-0.2, -0.15) is 0 Å². The van der Waals surface area contributed by atoms with E-state index in [4.69, 9.17) is 4.74 Å². The third kappa shape index (κ3) is 4.37. The Labute approximate surface area is 179 Å². The molecule has 0 unspecified atom stereocenters. The fourth-order valence-electron chi connectivity index (χ4n) is 4.96. The van der Waals surface area contributed by atoms with E-state index < -0.39 is 5.60 Å². The highest BCUT2D eigenvalue weighted by Crippen LogP contribution is 2.40. The number of amides is 1. The zero-order valence-electron chi connectivity index (χ0n) is 17.8. The van der Waals surface area contributed by atoms with Gasteiger partial charge >= 0.3 is 0 Å². The number of nitrogens with one attached hydrogen (secondary N) is 1. The fourth-order valence-corrected chi connectivity index (χ4v) is 4.96. The summed E-state index contributed by atoms with van der Waals surface area (Å²) in [5.41, 5.74) is 2.73. The predicted octanol–water partition coefficient (Wildman–Crippen LogP) is 3.45. The second-order valence-electron chi connectivity index (χ2n) is 8.57. The lowest BCUT2D eigenvalue weighted by Crippen LogP contribution is -2.48. The summed E-state index contributed by atoms with van der Waals surface area (Å²) in [6.07, 6.45) is 5.75. The van der Waals surface area contributed by atoms with Crippen LogP contribution in [-0.2, 0) is 11.2 Å². The topological polar surface area (TPSA) is 61.8 Å². The minimum Gasteiger partial charge on any atom is -0.496 e. The summed E-state index contributed by atoms with van der Waals surface area (Å²) in [5, 5.41) is 14.0. The summed E-state index contributed by atoms with van der Waals surface area (Å²) < 4.78 is 5.68. The van der Waals surface area contributed by atoms with Crippen LogP contribution >= 0.6 is 0 Å². The molecule has 1 aliphatic carbocycles. The summed E-state index contributed by atoms with van der Waals surface area (Å²) in [7, 11) is 1.69. The van der Waals surface area contributed by atoms with Gasteiger partial charge in [0.05, 0.1) is 25.3 Å². The zero-order chi connectivity index (χ0) is 21.0. The van der Waals surface area contributed by atoms with E-state index >= 15 is 0 Å². The van der Waals surface area contributed by atoms with Crippen molar-refractivity contribution in [1.29, 1.82) is 0 Å². The van der Waals surface area contributed by atoms with Gasteiger partial charge in [0.1, 0.15) is 5.75 Å². The van der Waals surface area contributed by atoms with Crippen LogP contribution in [0.3, 0.4) is 0 Å². The first kappa shape index (κ1) is 20.9. The molecule has 1 fully saturated rings. The van der Waals surface area contributed by atoms with Crippen molar-refractivity contribution in [2.24, 2.45) is 0 Å². The van der Waals surface area contributed by atoms with Gasteiger partial charge in [-0.15, -0.1) is 0 Å². The molecule has 5 heteroatoms. The molecule has 1 saturated carbocycles. The Morgan fingerprint density at radius 1 is 1.13 bits per heavy atom. The number of benzene rings is 2. The average molecular weight is 409 g/mol. The van der Waals surface area contributed by atoms with Crippen molar-refractivity contribution in [2.75, 3.05) is 26.7 Å². The molecular formula is C25H32N2O3. The number of hydrogen-bond acceptors (Lipinski definition) is 4. The van der Waals surface area contributed by atoms with Crippen molar-refractivity contribution >= 4 is 5.91 Å². The summed E-state index contributed by atoms with van der Waals surface area (Å²) in [4.78, 5) is 15.2. The molecule has 0 radical (unpaired) electrons. The number of carbonyl (C=O) groups is 1. The molecule has 4 rings (SSSR count). The van der Waals surface area contributed by atoms with Crippen LogP contribution in [0.2, 0.25) is 0 Å². The standard InChI is InChI=1S/C25H32N2O3/c1-30-21-12-8-11-19-13-16-27(24(23(19)21)20-9-4-2-5-10-20)22(28)17-26-18-25(29)14-6-3-7-15-25/h2,4-5,8-12,24,26,29H,3,6-7,13-18H2,1H3/t24-/m0/s1. The maximum absolute atomic E-state index is 13.3. The zero-order valence-corrected chi connectivity index (χ0v) is 17.8. The van der Waals surface area contributed by atoms with Crippen LogP contribution in [0.15, 0.2) is 48.5 Å². The van der Waals surface area contributed by atoms with Gasteiger partial charge in [-0.1, -0.05) is 61.7 Å². The van der Waals surface area contributed by atoms with Gasteiger partial charge < -0.3 is 20.1 Å². The van der Waals surface area contributed by atoms with Gasteiger partial charge in [-0.05, 0) is 36.5 Å². The Morgan fingerprint density at radius 2 is 1.90 bits per heavy atom. The maximum atomic E-state index is 13.3. The maximum Gasteiger partial charge on any atom is 0.237 e. The molecule has 1 amide bonds. The molecular weight excluding hydrogens is 376 g/mol. The van der Waals surface area contributed by atoms with E-state index in [1.807, 2.05) is 35.2 Å². The number of ether oxygens (including phenoxy) is 1. The summed E-state index contributed by atoms with van der Waals surface area (Å²) in [6.45, 7) is 1.38. The highest BCUT2D eigenvalue weighted by Gasteiger charge is 2.35. The quantitative estimate of drug-likeness (QED) is 0.769. The first-order valence-electron chi connectivity index (χ1n) is 11.0. The largest absolute Gasteiger partial charge is 0.496 e. The van der Waals surface area contributed by atoms with Gasteiger partial charge in [0.25, 0.3) is 0 Å². The molecule has 1 atom stereocenters. The van der Waals surface area contributed by atoms with E-state index in [-0.39, 0.29) is 18.5 Å². The van der Waals surface area contributed by atoms with Crippen LogP contribution in [0, 0.1) is 0 Å². The molecule has 0 aromatic heterocycles. The highest BCUT2D eigenvalue weighted by atomic mass is 16.5. The number of fused-ring (bicyclic) bond motifs is 1. The van der Waals surface area contributed by atoms with Crippen molar-refractivity contribution in [1.82, 2.24) is 10.2 Å². The highest BCUT2D eigenvalue weighted by molar-refractivity contribution is 5.80. The number of rotatable bonds is 6. The van der Waals surface area contributed by atoms with Gasteiger partial charge in [-0.25, -0.2) is 0 Å². The molecule has 0 saturated heterocycles. The Kier molecular flexibility index (Phi) is 6.40. The summed E-state index contributed by atoms with van der Waals surface area (Å²) >= 11 is 0. The number of carbonyl (C=O) groups excluding carboxylic acids is 1. The first-order valence-corrected chi connectivity index (χ1v) is 11.0. The molecule has 0 bridgehead atoms. The summed E-state index contributed by atoms with van der Waals surface area (Å²) in [5.74, 6) is 0.878. The monoisotopic (exact) mass is 408 g/mol. The second kappa shape index (κ2) is 9.19. The normalized spacial score (nSPS) is 20.5. The molecule has 0 spiro atoms. The van der Waals surface area contributed by atoms with Crippen molar-refractivity contribution in [2.45, 2.75) is 50.2 Å². The van der Waals surface area contributed by atoms with E-state index in [9.17, 15) is 9.90 Å². The van der Waals surface area contributed by atoms with Crippen LogP contribution in [0.5, 0.6) is 5.75 Å². The Hall–Kier alpha value is -2.37. The van der Waals surface area contributed by atoms with Gasteiger partial charge in [0.2, 0.25) is 5.91 Å². The molecule has 2 aromatic rings. The van der Waals surface area contributed by atoms with E-state index in [2.05, 4.69) is 23.5 Å². The third-order valence-electron chi connectivity index (χ3n) is 6.53. The fraction of sp³-hybridized carbons (Fsp3) is 0.480. The molecule has 2 aliphatic rings. The second-order valence-corrected chi connectivity index (χ2v) is 8.57. The van der Waals surface area contributed by atoms with Gasteiger partial charge in [0, 0.05) is 18.7 Å². The van der Waals surface area contributed by atoms with E-state index in [1.165, 1.54) is 12.0 Å². The Morgan fingerprint density at radius 3 is 2.63 bits per heavy atom. The van der Waals surface area contributed by atoms with Crippen molar-refractivity contribution < 1.29 is 14.6 Å². The smallest absolute Gasteiger partial charge is 0.237 e. The lowest BCUT2D eigenvalue weighted by molar-refractivity contribution is -0.132. The lowest BCUT2D eigenvalue weighted by atomic mass is 9.85. The number of aliphatic hydroxyl groups is 1. The molecule has 5 nitrogen and oxygen atoms in total. The minimum atomic E-state index is -0.672. The molecule has 1 aliphatic heterocycles. The predicted molar refractivity (Wildman–Crippen MR) is 118 cm³/mol. The molecule has 1 heterocycles. The van der Waals surface area contributed by atoms with E-state index in [1.54, 1.807) is 7.11 Å². The van der Waals surface area contributed by atoms with Crippen LogP contribution in [0.25, 0.3) is 0 Å². The van der Waals surface area contributed by atoms with E-state index in [0.717, 1.165) is 49.0 Å². The average Bonchev–Trinajstić information content (AvgIpc) is 2.78. The van der Waals surface area contributed by atoms with Crippen LogP contribution in [-0.4, -0.2) is 48.3 Å². The van der Waals surface area contributed by atoms with Crippen LogP contribution < -0.4 is 10.1 Å². The van der Waals surface area contributed by atoms with Crippen molar-refractivity contribution in [3.05, 3.63) is 65.2 Å². The molecule has 30 heavy (non-hydrogen) atoms. The van der Waals surface area contributed by atoms with Crippen molar-refractivity contribution in [3.63, 3.8) is 0 Å². The van der Waals surface area contributed by atoms with Crippen molar-refractivity contribution in [3.8, 4) is 5.75 Å². The molecule has 2 N–H and O–H groups in total. The molecule has 160 valence electrons. The number of methoxy groups -OCH3 is 1. The lowest BCUT2D eigenvalue weighted by Gasteiger charge is -2.39. The molecule has 2 aromatic carbocycles. The number of hydrogen-bond donors (Lipinski definition) is 2.